The van der Waals surface area contributed by atoms with Gasteiger partial charge in [-0.25, -0.2) is 13.1 Å². The molecule has 184 valence electrons. The van der Waals surface area contributed by atoms with E-state index in [9.17, 15) is 18.0 Å². The quantitative estimate of drug-likeness (QED) is 0.539. The van der Waals surface area contributed by atoms with Crippen molar-refractivity contribution >= 4 is 21.6 Å². The van der Waals surface area contributed by atoms with Crippen LogP contribution in [0.4, 0.5) is 5.69 Å². The fourth-order valence-corrected chi connectivity index (χ4v) is 5.96. The number of carbonyl (C=O) groups is 1. The third kappa shape index (κ3) is 5.21. The maximum absolute atomic E-state index is 13.2. The van der Waals surface area contributed by atoms with E-state index in [0.29, 0.717) is 35.6 Å². The van der Waals surface area contributed by atoms with Crippen LogP contribution in [0.1, 0.15) is 43.9 Å². The Hall–Kier alpha value is -3.30. The number of rotatable bonds is 7. The predicted octanol–water partition coefficient (Wildman–Crippen LogP) is 3.77. The maximum Gasteiger partial charge on any atom is 0.267 e. The van der Waals surface area contributed by atoms with Crippen LogP contribution in [-0.4, -0.2) is 41.5 Å². The van der Waals surface area contributed by atoms with E-state index in [1.807, 2.05) is 25.1 Å². The predicted molar refractivity (Wildman–Crippen MR) is 136 cm³/mol. The minimum Gasteiger partial charge on any atom is -0.324 e. The molecule has 9 heteroatoms. The molecule has 8 nitrogen and oxygen atoms in total. The van der Waals surface area contributed by atoms with Gasteiger partial charge >= 0.3 is 0 Å². The van der Waals surface area contributed by atoms with Crippen LogP contribution in [0.2, 0.25) is 0 Å². The smallest absolute Gasteiger partial charge is 0.267 e. The summed E-state index contributed by atoms with van der Waals surface area (Å²) in [6.07, 6.45) is 2.55. The molecule has 2 heterocycles. The van der Waals surface area contributed by atoms with Gasteiger partial charge in [-0.1, -0.05) is 31.2 Å². The van der Waals surface area contributed by atoms with Gasteiger partial charge in [0.2, 0.25) is 15.9 Å². The van der Waals surface area contributed by atoms with Crippen LogP contribution in [0.5, 0.6) is 0 Å². The van der Waals surface area contributed by atoms with Gasteiger partial charge in [0.05, 0.1) is 10.6 Å². The number of nitrogens with one attached hydrogen (secondary N) is 1. The minimum absolute atomic E-state index is 0.234. The summed E-state index contributed by atoms with van der Waals surface area (Å²) in [5, 5.41) is 7.27. The largest absolute Gasteiger partial charge is 0.324 e. The van der Waals surface area contributed by atoms with Crippen molar-refractivity contribution in [2.24, 2.45) is 0 Å². The van der Waals surface area contributed by atoms with Crippen LogP contribution in [0, 0.1) is 6.92 Å². The zero-order chi connectivity index (χ0) is 25.2. The van der Waals surface area contributed by atoms with Gasteiger partial charge in [0.25, 0.3) is 5.56 Å². The maximum atomic E-state index is 13.2. The van der Waals surface area contributed by atoms with Crippen molar-refractivity contribution in [2.75, 3.05) is 18.4 Å². The number of hydrogen-bond donors (Lipinski definition) is 1. The van der Waals surface area contributed by atoms with Crippen LogP contribution in [0.15, 0.2) is 64.3 Å². The third-order valence-electron chi connectivity index (χ3n) is 6.34. The molecule has 4 rings (SSSR count). The van der Waals surface area contributed by atoms with Gasteiger partial charge in [0.1, 0.15) is 6.04 Å². The first-order valence-corrected chi connectivity index (χ1v) is 13.3. The number of nitrogens with zero attached hydrogens (tertiary/aromatic N) is 3. The Morgan fingerprint density at radius 1 is 1.09 bits per heavy atom. The van der Waals surface area contributed by atoms with Crippen molar-refractivity contribution in [3.8, 4) is 11.3 Å². The number of amides is 1. The van der Waals surface area contributed by atoms with E-state index in [-0.39, 0.29) is 10.8 Å². The number of aromatic nitrogens is 2. The molecule has 35 heavy (non-hydrogen) atoms. The average molecular weight is 495 g/mol. The topological polar surface area (TPSA) is 101 Å². The van der Waals surface area contributed by atoms with Gasteiger partial charge in [-0.05, 0) is 68.5 Å². The van der Waals surface area contributed by atoms with Crippen molar-refractivity contribution in [1.29, 1.82) is 0 Å². The van der Waals surface area contributed by atoms with Crippen LogP contribution < -0.4 is 10.9 Å². The van der Waals surface area contributed by atoms with Gasteiger partial charge in [0.15, 0.2) is 0 Å². The highest BCUT2D eigenvalue weighted by molar-refractivity contribution is 7.89. The van der Waals surface area contributed by atoms with E-state index < -0.39 is 21.6 Å². The first-order chi connectivity index (χ1) is 16.7. The normalized spacial score (nSPS) is 15.2. The molecule has 0 bridgehead atoms. The van der Waals surface area contributed by atoms with Crippen molar-refractivity contribution < 1.29 is 13.2 Å². The lowest BCUT2D eigenvalue weighted by molar-refractivity contribution is -0.119. The summed E-state index contributed by atoms with van der Waals surface area (Å²) in [6, 6.07) is 14.7. The van der Waals surface area contributed by atoms with E-state index in [1.54, 1.807) is 44.2 Å². The molecule has 1 N–H and O–H groups in total. The Bertz CT molecular complexity index is 1410. The molecule has 3 aromatic rings. The number of benzene rings is 2. The van der Waals surface area contributed by atoms with Gasteiger partial charge in [-0.15, -0.1) is 0 Å². The molecule has 1 aromatic heterocycles. The van der Waals surface area contributed by atoms with Gasteiger partial charge < -0.3 is 5.32 Å². The molecule has 0 spiro atoms. The molecular formula is C26H30N4O4S. The Labute approximate surface area is 205 Å². The molecule has 1 fully saturated rings. The van der Waals surface area contributed by atoms with E-state index in [4.69, 9.17) is 0 Å². The standard InChI is InChI=1S/C26H30N4O4S/c1-4-20-8-7-9-22(16-20)27-26(32)19(3)30-25(31)13-12-23(28-30)21-11-10-18(2)24(17-21)35(33,34)29-14-5-6-15-29/h7-13,16-17,19H,4-6,14-15H2,1-3H3,(H,27,32). The van der Waals surface area contributed by atoms with E-state index in [1.165, 1.54) is 10.4 Å². The minimum atomic E-state index is -3.62. The average Bonchev–Trinajstić information content (AvgIpc) is 3.40. The Kier molecular flexibility index (Phi) is 7.18. The monoisotopic (exact) mass is 494 g/mol. The first-order valence-electron chi connectivity index (χ1n) is 11.8. The molecule has 0 radical (unpaired) electrons. The Balaban J connectivity index is 1.64. The van der Waals surface area contributed by atoms with Crippen LogP contribution in [-0.2, 0) is 21.2 Å². The molecule has 2 aromatic carbocycles. The van der Waals surface area contributed by atoms with Gasteiger partial charge in [-0.2, -0.15) is 9.40 Å². The molecule has 0 aliphatic carbocycles. The summed E-state index contributed by atoms with van der Waals surface area (Å²) in [6.45, 7) is 6.44. The van der Waals surface area contributed by atoms with Crippen molar-refractivity contribution in [3.63, 3.8) is 0 Å². The highest BCUT2D eigenvalue weighted by Crippen LogP contribution is 2.28. The second-order valence-electron chi connectivity index (χ2n) is 8.81. The SMILES string of the molecule is CCc1cccc(NC(=O)C(C)n2nc(-c3ccc(C)c(S(=O)(=O)N4CCCC4)c3)ccc2=O)c1. The van der Waals surface area contributed by atoms with E-state index in [2.05, 4.69) is 10.4 Å². The van der Waals surface area contributed by atoms with E-state index in [0.717, 1.165) is 29.5 Å². The molecule has 1 amide bonds. The molecule has 0 saturated carbocycles. The third-order valence-corrected chi connectivity index (χ3v) is 8.38. The summed E-state index contributed by atoms with van der Waals surface area (Å²) in [4.78, 5) is 25.7. The highest BCUT2D eigenvalue weighted by Gasteiger charge is 2.29. The van der Waals surface area contributed by atoms with Gasteiger partial charge in [-0.3, -0.25) is 9.59 Å². The van der Waals surface area contributed by atoms with Crippen LogP contribution in [0.3, 0.4) is 0 Å². The lowest BCUT2D eigenvalue weighted by Gasteiger charge is -2.18. The van der Waals surface area contributed by atoms with Crippen molar-refractivity contribution in [1.82, 2.24) is 14.1 Å². The van der Waals surface area contributed by atoms with E-state index >= 15 is 0 Å². The lowest BCUT2D eigenvalue weighted by atomic mass is 10.1. The molecule has 1 saturated heterocycles. The van der Waals surface area contributed by atoms with Crippen LogP contribution in [0.25, 0.3) is 11.3 Å². The summed E-state index contributed by atoms with van der Waals surface area (Å²) in [5.41, 5.74) is 2.94. The summed E-state index contributed by atoms with van der Waals surface area (Å²) in [5.74, 6) is -0.369. The first kappa shape index (κ1) is 24.8. The number of hydrogen-bond acceptors (Lipinski definition) is 5. The van der Waals surface area contributed by atoms with Crippen molar-refractivity contribution in [3.05, 3.63) is 76.1 Å². The second-order valence-corrected chi connectivity index (χ2v) is 10.7. The van der Waals surface area contributed by atoms with Crippen molar-refractivity contribution in [2.45, 2.75) is 51.0 Å². The summed E-state index contributed by atoms with van der Waals surface area (Å²) >= 11 is 0. The molecule has 1 aliphatic heterocycles. The zero-order valence-electron chi connectivity index (χ0n) is 20.2. The fourth-order valence-electron chi connectivity index (χ4n) is 4.19. The second kappa shape index (κ2) is 10.1. The fraction of sp³-hybridized carbons (Fsp3) is 0.346. The molecular weight excluding hydrogens is 464 g/mol. The molecule has 1 aliphatic rings. The number of carbonyl (C=O) groups excluding carboxylic acids is 1. The number of aryl methyl sites for hydroxylation is 2. The Morgan fingerprint density at radius 2 is 1.83 bits per heavy atom. The summed E-state index contributed by atoms with van der Waals surface area (Å²) < 4.78 is 29.0. The molecule has 1 unspecified atom stereocenters. The molecule has 1 atom stereocenters. The zero-order valence-corrected chi connectivity index (χ0v) is 21.0. The summed E-state index contributed by atoms with van der Waals surface area (Å²) in [7, 11) is -3.62. The Morgan fingerprint density at radius 3 is 2.54 bits per heavy atom. The number of anilines is 1. The van der Waals surface area contributed by atoms with Crippen LogP contribution >= 0.6 is 0 Å². The lowest BCUT2D eigenvalue weighted by Crippen LogP contribution is -2.33. The highest BCUT2D eigenvalue weighted by atomic mass is 32.2. The van der Waals surface area contributed by atoms with Gasteiger partial charge in [0, 0.05) is 30.4 Å². The number of sulfonamides is 1.